The molecule has 0 saturated heterocycles. The van der Waals surface area contributed by atoms with Crippen LogP contribution in [0.3, 0.4) is 0 Å². The number of hydrazone groups is 1. The predicted molar refractivity (Wildman–Crippen MR) is 157 cm³/mol. The van der Waals surface area contributed by atoms with Crippen LogP contribution in [0.15, 0.2) is 66.3 Å². The minimum absolute atomic E-state index is 0.0590. The van der Waals surface area contributed by atoms with E-state index >= 15 is 0 Å². The topological polar surface area (TPSA) is 122 Å². The molecule has 0 atom stereocenters. The lowest BCUT2D eigenvalue weighted by molar-refractivity contribution is -0.385. The number of ether oxygens (including phenoxy) is 4. The third-order valence-electron chi connectivity index (χ3n) is 5.27. The molecule has 1 N–H and O–H groups in total. The van der Waals surface area contributed by atoms with Gasteiger partial charge in [0.2, 0.25) is 5.75 Å². The van der Waals surface area contributed by atoms with Crippen LogP contribution in [0.2, 0.25) is 0 Å². The molecule has 10 nitrogen and oxygen atoms in total. The molecule has 222 valence electrons. The highest BCUT2D eigenvalue weighted by Crippen LogP contribution is 2.42. The van der Waals surface area contributed by atoms with E-state index in [0.717, 1.165) is 6.07 Å². The number of nitrogens with zero attached hydrogens (tertiary/aromatic N) is 2. The molecule has 14 heteroatoms. The van der Waals surface area contributed by atoms with Gasteiger partial charge in [-0.3, -0.25) is 14.9 Å². The fraction of sp³-hybridized carbons (Fsp3) is 0.214. The second kappa shape index (κ2) is 14.5. The minimum atomic E-state index is -4.76. The molecule has 3 aromatic rings. The summed E-state index contributed by atoms with van der Waals surface area (Å²) in [7, 11) is 0. The van der Waals surface area contributed by atoms with Crippen LogP contribution >= 0.6 is 22.6 Å². The maximum absolute atomic E-state index is 13.1. The van der Waals surface area contributed by atoms with Gasteiger partial charge in [-0.05, 0) is 84.5 Å². The van der Waals surface area contributed by atoms with Crippen molar-refractivity contribution in [1.82, 2.24) is 5.43 Å². The summed E-state index contributed by atoms with van der Waals surface area (Å²) in [6.45, 7) is 7.91. The summed E-state index contributed by atoms with van der Waals surface area (Å²) in [4.78, 5) is 23.2. The summed E-state index contributed by atoms with van der Waals surface area (Å²) in [5, 5.41) is 15.5. The quantitative estimate of drug-likeness (QED) is 0.0662. The Morgan fingerprint density at radius 3 is 2.36 bits per heavy atom. The first kappa shape index (κ1) is 32.2. The van der Waals surface area contributed by atoms with Crippen LogP contribution in [0.1, 0.15) is 35.3 Å². The second-order valence-corrected chi connectivity index (χ2v) is 9.36. The smallest absolute Gasteiger partial charge is 0.416 e. The zero-order valence-corrected chi connectivity index (χ0v) is 24.5. The number of hydrogen-bond donors (Lipinski definition) is 1. The Balaban J connectivity index is 1.83. The third-order valence-corrected chi connectivity index (χ3v) is 6.07. The maximum atomic E-state index is 13.1. The Hall–Kier alpha value is -4.34. The van der Waals surface area contributed by atoms with Crippen molar-refractivity contribution in [3.63, 3.8) is 0 Å². The Bertz CT molecular complexity index is 1500. The van der Waals surface area contributed by atoms with E-state index in [1.165, 1.54) is 18.3 Å². The van der Waals surface area contributed by atoms with Gasteiger partial charge in [-0.2, -0.15) is 18.3 Å². The molecule has 0 bridgehead atoms. The monoisotopic (exact) mass is 699 g/mol. The van der Waals surface area contributed by atoms with E-state index in [1.54, 1.807) is 38.1 Å². The van der Waals surface area contributed by atoms with Gasteiger partial charge in [0, 0.05) is 11.6 Å². The fourth-order valence-electron chi connectivity index (χ4n) is 3.47. The van der Waals surface area contributed by atoms with Crippen molar-refractivity contribution in [3.05, 3.63) is 91.6 Å². The van der Waals surface area contributed by atoms with E-state index in [-0.39, 0.29) is 30.3 Å². The summed E-state index contributed by atoms with van der Waals surface area (Å²) in [5.74, 6) is 0.144. The number of amides is 1. The molecular formula is C28H25F3IN3O7. The minimum Gasteiger partial charge on any atom is -0.490 e. The fourth-order valence-corrected chi connectivity index (χ4v) is 4.21. The zero-order chi connectivity index (χ0) is 30.9. The third kappa shape index (κ3) is 8.34. The molecule has 0 unspecified atom stereocenters. The summed E-state index contributed by atoms with van der Waals surface area (Å²) in [6, 6.07) is 9.75. The molecule has 0 fully saturated rings. The van der Waals surface area contributed by atoms with Crippen LogP contribution in [0.25, 0.3) is 0 Å². The van der Waals surface area contributed by atoms with Crippen molar-refractivity contribution < 1.29 is 41.8 Å². The van der Waals surface area contributed by atoms with E-state index in [2.05, 4.69) is 17.1 Å². The normalized spacial score (nSPS) is 11.2. The molecule has 0 radical (unpaired) electrons. The van der Waals surface area contributed by atoms with Gasteiger partial charge in [0.15, 0.2) is 23.0 Å². The molecule has 0 saturated carbocycles. The number of rotatable bonds is 13. The van der Waals surface area contributed by atoms with Crippen LogP contribution in [-0.4, -0.2) is 36.9 Å². The standard InChI is InChI=1S/C28H25F3IN3O7/c1-4-11-41-23-9-7-18(14-24(23)39-5-2)27(36)34-33-16-17-12-20(32)26(25(13-17)40-6-3)42-22-10-8-19(28(29,30)31)15-21(22)35(37)38/h4,7-10,12-16H,1,5-6,11H2,2-3H3,(H,34,36)/b33-16+. The van der Waals surface area contributed by atoms with E-state index in [0.29, 0.717) is 39.4 Å². The van der Waals surface area contributed by atoms with Crippen LogP contribution in [-0.2, 0) is 6.18 Å². The summed E-state index contributed by atoms with van der Waals surface area (Å²) < 4.78 is 62.0. The summed E-state index contributed by atoms with van der Waals surface area (Å²) in [5.41, 5.74) is 1.13. The van der Waals surface area contributed by atoms with Gasteiger partial charge >= 0.3 is 11.9 Å². The first-order valence-corrected chi connectivity index (χ1v) is 13.4. The van der Waals surface area contributed by atoms with Crippen LogP contribution < -0.4 is 24.4 Å². The maximum Gasteiger partial charge on any atom is 0.416 e. The van der Waals surface area contributed by atoms with Gasteiger partial charge in [-0.1, -0.05) is 12.7 Å². The molecule has 0 aliphatic carbocycles. The van der Waals surface area contributed by atoms with Gasteiger partial charge in [0.1, 0.15) is 6.61 Å². The molecule has 0 aromatic heterocycles. The van der Waals surface area contributed by atoms with Crippen LogP contribution in [0.5, 0.6) is 28.7 Å². The number of carbonyl (C=O) groups excluding carboxylic acids is 1. The summed E-state index contributed by atoms with van der Waals surface area (Å²) >= 11 is 1.89. The average Bonchev–Trinajstić information content (AvgIpc) is 2.93. The van der Waals surface area contributed by atoms with E-state index < -0.39 is 34.0 Å². The van der Waals surface area contributed by atoms with Crippen molar-refractivity contribution in [2.75, 3.05) is 19.8 Å². The predicted octanol–water partition coefficient (Wildman–Crippen LogP) is 7.14. The molecule has 0 heterocycles. The van der Waals surface area contributed by atoms with Crippen molar-refractivity contribution in [2.24, 2.45) is 5.10 Å². The van der Waals surface area contributed by atoms with E-state index in [1.807, 2.05) is 22.6 Å². The number of benzene rings is 3. The Morgan fingerprint density at radius 1 is 1.02 bits per heavy atom. The van der Waals surface area contributed by atoms with Crippen molar-refractivity contribution in [3.8, 4) is 28.7 Å². The number of nitrogens with one attached hydrogen (secondary N) is 1. The molecule has 0 spiro atoms. The SMILES string of the molecule is C=CCOc1ccc(C(=O)N/N=C/c2cc(I)c(Oc3ccc(C(F)(F)F)cc3[N+](=O)[O-])c(OCC)c2)cc1OCC. The number of hydrogen-bond acceptors (Lipinski definition) is 8. The lowest BCUT2D eigenvalue weighted by atomic mass is 10.1. The molecule has 3 aromatic carbocycles. The highest BCUT2D eigenvalue weighted by Gasteiger charge is 2.33. The van der Waals surface area contributed by atoms with Crippen LogP contribution in [0.4, 0.5) is 18.9 Å². The molecule has 0 aliphatic rings. The molecule has 3 rings (SSSR count). The first-order chi connectivity index (χ1) is 20.0. The van der Waals surface area contributed by atoms with Gasteiger partial charge in [0.25, 0.3) is 5.91 Å². The first-order valence-electron chi connectivity index (χ1n) is 12.3. The van der Waals surface area contributed by atoms with E-state index in [4.69, 9.17) is 18.9 Å². The summed E-state index contributed by atoms with van der Waals surface area (Å²) in [6.07, 6.45) is -1.84. The molecule has 0 aliphatic heterocycles. The van der Waals surface area contributed by atoms with Crippen molar-refractivity contribution in [1.29, 1.82) is 0 Å². The Kier molecular flexibility index (Phi) is 11.1. The number of halogens is 4. The number of alkyl halides is 3. The Morgan fingerprint density at radius 2 is 1.71 bits per heavy atom. The Labute approximate surface area is 252 Å². The number of nitro benzene ring substituents is 1. The molecule has 42 heavy (non-hydrogen) atoms. The lowest BCUT2D eigenvalue weighted by Gasteiger charge is -2.15. The zero-order valence-electron chi connectivity index (χ0n) is 22.4. The van der Waals surface area contributed by atoms with Crippen LogP contribution in [0, 0.1) is 13.7 Å². The van der Waals surface area contributed by atoms with Crippen molar-refractivity contribution >= 4 is 40.4 Å². The van der Waals surface area contributed by atoms with Gasteiger partial charge in [0.05, 0.1) is 33.5 Å². The average molecular weight is 699 g/mol. The van der Waals surface area contributed by atoms with Gasteiger partial charge in [-0.25, -0.2) is 5.43 Å². The van der Waals surface area contributed by atoms with Gasteiger partial charge in [-0.15, -0.1) is 0 Å². The molecular weight excluding hydrogens is 674 g/mol. The highest BCUT2D eigenvalue weighted by molar-refractivity contribution is 14.1. The van der Waals surface area contributed by atoms with Crippen molar-refractivity contribution in [2.45, 2.75) is 20.0 Å². The lowest BCUT2D eigenvalue weighted by Crippen LogP contribution is -2.17. The van der Waals surface area contributed by atoms with E-state index in [9.17, 15) is 28.1 Å². The molecule has 1 amide bonds. The highest BCUT2D eigenvalue weighted by atomic mass is 127. The van der Waals surface area contributed by atoms with Gasteiger partial charge < -0.3 is 18.9 Å². The second-order valence-electron chi connectivity index (χ2n) is 8.20. The largest absolute Gasteiger partial charge is 0.490 e. The number of nitro groups is 1. The number of carbonyl (C=O) groups is 1.